The maximum absolute atomic E-state index is 4.93. The lowest BCUT2D eigenvalue weighted by molar-refractivity contribution is 0.236. The summed E-state index contributed by atoms with van der Waals surface area (Å²) in [6, 6.07) is 0.566. The van der Waals surface area contributed by atoms with Crippen LogP contribution in [-0.2, 0) is 0 Å². The summed E-state index contributed by atoms with van der Waals surface area (Å²) in [5.74, 6) is 2.39. The minimum Gasteiger partial charge on any atom is -0.369 e. The first-order valence-corrected chi connectivity index (χ1v) is 8.24. The van der Waals surface area contributed by atoms with E-state index in [4.69, 9.17) is 5.10 Å². The van der Waals surface area contributed by atoms with Crippen molar-refractivity contribution in [1.82, 2.24) is 15.1 Å². The van der Waals surface area contributed by atoms with Crippen LogP contribution in [0.25, 0.3) is 0 Å². The smallest absolute Gasteiger partial charge is 0.139 e. The van der Waals surface area contributed by atoms with Gasteiger partial charge in [-0.2, -0.15) is 5.10 Å². The highest BCUT2D eigenvalue weighted by atomic mass is 79.9. The van der Waals surface area contributed by atoms with Crippen LogP contribution < -0.4 is 10.6 Å². The summed E-state index contributed by atoms with van der Waals surface area (Å²) in [5.41, 5.74) is 1.23. The van der Waals surface area contributed by atoms with Crippen molar-refractivity contribution in [3.05, 3.63) is 10.2 Å². The Kier molecular flexibility index (Phi) is 3.85. The van der Waals surface area contributed by atoms with E-state index in [1.165, 1.54) is 35.2 Å². The van der Waals surface area contributed by atoms with Crippen molar-refractivity contribution < 1.29 is 0 Å². The Hall–Kier alpha value is -0.550. The van der Waals surface area contributed by atoms with E-state index in [1.807, 2.05) is 0 Å². The molecule has 3 atom stereocenters. The van der Waals surface area contributed by atoms with E-state index in [2.05, 4.69) is 45.1 Å². The average Bonchev–Trinajstić information content (AvgIpc) is 2.77. The molecule has 2 aliphatic rings. The lowest BCUT2D eigenvalue weighted by Crippen LogP contribution is -2.44. The molecule has 1 fully saturated rings. The first kappa shape index (κ1) is 13.4. The summed E-state index contributed by atoms with van der Waals surface area (Å²) in [5, 5.41) is 12.0. The SMILES string of the molecule is CCCC(C)c1nn2c(c1Br)NCC1CNCCC12. The predicted molar refractivity (Wildman–Crippen MR) is 81.8 cm³/mol. The Labute approximate surface area is 123 Å². The summed E-state index contributed by atoms with van der Waals surface area (Å²) in [6.45, 7) is 7.79. The van der Waals surface area contributed by atoms with Gasteiger partial charge in [-0.05, 0) is 35.3 Å². The van der Waals surface area contributed by atoms with Crippen LogP contribution in [0.1, 0.15) is 50.8 Å². The summed E-state index contributed by atoms with van der Waals surface area (Å²) >= 11 is 3.76. The Bertz CT molecular complexity index is 457. The molecule has 3 unspecified atom stereocenters. The standard InChI is InChI=1S/C14H23BrN4/c1-3-4-9(2)13-12(15)14-17-8-10-7-16-6-5-11(10)19(14)18-13/h9-11,16-17H,3-8H2,1-2H3. The van der Waals surface area contributed by atoms with Crippen molar-refractivity contribution >= 4 is 21.7 Å². The minimum atomic E-state index is 0.527. The highest BCUT2D eigenvalue weighted by Gasteiger charge is 2.34. The van der Waals surface area contributed by atoms with Crippen molar-refractivity contribution in [1.29, 1.82) is 0 Å². The van der Waals surface area contributed by atoms with E-state index in [0.717, 1.165) is 19.6 Å². The lowest BCUT2D eigenvalue weighted by Gasteiger charge is -2.37. The number of anilines is 1. The fraction of sp³-hybridized carbons (Fsp3) is 0.786. The van der Waals surface area contributed by atoms with Crippen LogP contribution in [0.4, 0.5) is 5.82 Å². The number of hydrogen-bond acceptors (Lipinski definition) is 3. The molecule has 0 spiro atoms. The van der Waals surface area contributed by atoms with Gasteiger partial charge < -0.3 is 10.6 Å². The molecule has 1 aromatic rings. The van der Waals surface area contributed by atoms with Gasteiger partial charge in [0.25, 0.3) is 0 Å². The van der Waals surface area contributed by atoms with Gasteiger partial charge in [-0.3, -0.25) is 0 Å². The molecule has 1 aromatic heterocycles. The van der Waals surface area contributed by atoms with Gasteiger partial charge in [-0.1, -0.05) is 20.3 Å². The minimum absolute atomic E-state index is 0.527. The molecule has 3 rings (SSSR count). The monoisotopic (exact) mass is 326 g/mol. The van der Waals surface area contributed by atoms with Crippen molar-refractivity contribution in [2.45, 2.75) is 45.1 Å². The molecule has 106 valence electrons. The summed E-state index contributed by atoms with van der Waals surface area (Å²) in [7, 11) is 0. The first-order valence-electron chi connectivity index (χ1n) is 7.44. The molecule has 5 heteroatoms. The van der Waals surface area contributed by atoms with Crippen LogP contribution in [0.3, 0.4) is 0 Å². The van der Waals surface area contributed by atoms with Crippen LogP contribution in [-0.4, -0.2) is 29.4 Å². The van der Waals surface area contributed by atoms with Gasteiger partial charge >= 0.3 is 0 Å². The third-order valence-electron chi connectivity index (χ3n) is 4.48. The van der Waals surface area contributed by atoms with Crippen LogP contribution >= 0.6 is 15.9 Å². The molecular formula is C14H23BrN4. The topological polar surface area (TPSA) is 41.9 Å². The van der Waals surface area contributed by atoms with E-state index < -0.39 is 0 Å². The number of fused-ring (bicyclic) bond motifs is 3. The Balaban J connectivity index is 1.93. The van der Waals surface area contributed by atoms with E-state index in [0.29, 0.717) is 17.9 Å². The summed E-state index contributed by atoms with van der Waals surface area (Å²) in [6.07, 6.45) is 3.60. The summed E-state index contributed by atoms with van der Waals surface area (Å²) < 4.78 is 3.44. The largest absolute Gasteiger partial charge is 0.369 e. The fourth-order valence-electron chi connectivity index (χ4n) is 3.38. The molecule has 0 amide bonds. The van der Waals surface area contributed by atoms with Gasteiger partial charge in [0.15, 0.2) is 0 Å². The van der Waals surface area contributed by atoms with Crippen molar-refractivity contribution in [3.63, 3.8) is 0 Å². The number of nitrogens with one attached hydrogen (secondary N) is 2. The molecule has 0 saturated carbocycles. The van der Waals surface area contributed by atoms with Crippen molar-refractivity contribution in [2.75, 3.05) is 25.0 Å². The lowest BCUT2D eigenvalue weighted by atomic mass is 9.92. The average molecular weight is 327 g/mol. The molecular weight excluding hydrogens is 304 g/mol. The zero-order valence-electron chi connectivity index (χ0n) is 11.7. The zero-order chi connectivity index (χ0) is 13.4. The quantitative estimate of drug-likeness (QED) is 0.896. The second-order valence-electron chi connectivity index (χ2n) is 5.88. The second kappa shape index (κ2) is 5.44. The molecule has 4 nitrogen and oxygen atoms in total. The third-order valence-corrected chi connectivity index (χ3v) is 5.26. The molecule has 0 aromatic carbocycles. The Morgan fingerprint density at radius 1 is 1.47 bits per heavy atom. The van der Waals surface area contributed by atoms with Gasteiger partial charge in [0.2, 0.25) is 0 Å². The van der Waals surface area contributed by atoms with E-state index in [-0.39, 0.29) is 0 Å². The molecule has 0 radical (unpaired) electrons. The summed E-state index contributed by atoms with van der Waals surface area (Å²) in [4.78, 5) is 0. The Morgan fingerprint density at radius 2 is 2.32 bits per heavy atom. The first-order chi connectivity index (χ1) is 9.22. The second-order valence-corrected chi connectivity index (χ2v) is 6.68. The van der Waals surface area contributed by atoms with E-state index in [9.17, 15) is 0 Å². The molecule has 0 aliphatic carbocycles. The number of piperidine rings is 1. The number of aromatic nitrogens is 2. The normalized spacial score (nSPS) is 27.3. The van der Waals surface area contributed by atoms with Gasteiger partial charge in [-0.25, -0.2) is 4.68 Å². The maximum atomic E-state index is 4.93. The van der Waals surface area contributed by atoms with Crippen LogP contribution in [0, 0.1) is 5.92 Å². The van der Waals surface area contributed by atoms with Gasteiger partial charge in [-0.15, -0.1) is 0 Å². The maximum Gasteiger partial charge on any atom is 0.139 e. The van der Waals surface area contributed by atoms with E-state index >= 15 is 0 Å². The molecule has 1 saturated heterocycles. The molecule has 19 heavy (non-hydrogen) atoms. The third kappa shape index (κ3) is 2.31. The van der Waals surface area contributed by atoms with Crippen LogP contribution in [0.2, 0.25) is 0 Å². The number of nitrogens with zero attached hydrogens (tertiary/aromatic N) is 2. The molecule has 2 aliphatic heterocycles. The van der Waals surface area contributed by atoms with Crippen molar-refractivity contribution in [2.24, 2.45) is 5.92 Å². The van der Waals surface area contributed by atoms with Crippen molar-refractivity contribution in [3.8, 4) is 0 Å². The highest BCUT2D eigenvalue weighted by molar-refractivity contribution is 9.10. The highest BCUT2D eigenvalue weighted by Crippen LogP contribution is 2.40. The molecule has 3 heterocycles. The Morgan fingerprint density at radius 3 is 3.11 bits per heavy atom. The van der Waals surface area contributed by atoms with Crippen LogP contribution in [0.5, 0.6) is 0 Å². The van der Waals surface area contributed by atoms with Gasteiger partial charge in [0.05, 0.1) is 16.2 Å². The molecule has 2 N–H and O–H groups in total. The van der Waals surface area contributed by atoms with E-state index in [1.54, 1.807) is 0 Å². The van der Waals surface area contributed by atoms with Gasteiger partial charge in [0.1, 0.15) is 5.82 Å². The fourth-order valence-corrected chi connectivity index (χ4v) is 4.17. The predicted octanol–water partition coefficient (Wildman–Crippen LogP) is 3.13. The molecule has 0 bridgehead atoms. The number of rotatable bonds is 3. The van der Waals surface area contributed by atoms with Gasteiger partial charge in [0, 0.05) is 24.9 Å². The van der Waals surface area contributed by atoms with Crippen LogP contribution in [0.15, 0.2) is 4.47 Å². The zero-order valence-corrected chi connectivity index (χ0v) is 13.3. The number of hydrogen-bond donors (Lipinski definition) is 2. The number of halogens is 1.